The molecule has 0 radical (unpaired) electrons. The molecule has 5 aromatic rings. The number of rotatable bonds is 7. The van der Waals surface area contributed by atoms with Gasteiger partial charge in [0.2, 0.25) is 5.82 Å². The van der Waals surface area contributed by atoms with Crippen molar-refractivity contribution in [1.29, 1.82) is 5.26 Å². The van der Waals surface area contributed by atoms with Gasteiger partial charge in [-0.15, -0.1) is 0 Å². The maximum atomic E-state index is 13.1. The first-order valence-electron chi connectivity index (χ1n) is 16.0. The number of alkyl halides is 3. The number of hydrogen-bond donors (Lipinski definition) is 0. The second-order valence-electron chi connectivity index (χ2n) is 12.7. The molecule has 2 atom stereocenters. The van der Waals surface area contributed by atoms with Gasteiger partial charge in [0.25, 0.3) is 5.79 Å². The van der Waals surface area contributed by atoms with Crippen LogP contribution in [0.5, 0.6) is 11.5 Å². The first kappa shape index (κ1) is 31.6. The van der Waals surface area contributed by atoms with Crippen LogP contribution in [-0.2, 0) is 29.8 Å². The van der Waals surface area contributed by atoms with E-state index in [-0.39, 0.29) is 17.8 Å². The number of ether oxygens (including phenoxy) is 3. The van der Waals surface area contributed by atoms with Crippen molar-refractivity contribution in [3.63, 3.8) is 0 Å². The van der Waals surface area contributed by atoms with Crippen LogP contribution in [-0.4, -0.2) is 50.4 Å². The summed E-state index contributed by atoms with van der Waals surface area (Å²) < 4.78 is 64.4. The molecule has 0 N–H and O–H groups in total. The lowest BCUT2D eigenvalue weighted by Crippen LogP contribution is -2.35. The fourth-order valence-corrected chi connectivity index (χ4v) is 7.22. The first-order chi connectivity index (χ1) is 23.6. The molecular weight excluding hydrogens is 661 g/mol. The third kappa shape index (κ3) is 5.88. The molecule has 3 aliphatic rings. The lowest BCUT2D eigenvalue weighted by Gasteiger charge is -2.33. The van der Waals surface area contributed by atoms with Crippen LogP contribution in [0.25, 0.3) is 22.4 Å². The van der Waals surface area contributed by atoms with Crippen molar-refractivity contribution in [2.24, 2.45) is 0 Å². The summed E-state index contributed by atoms with van der Waals surface area (Å²) in [6.45, 7) is 5.44. The molecule has 3 aromatic carbocycles. The Bertz CT molecular complexity index is 2100. The van der Waals surface area contributed by atoms with Crippen LogP contribution >= 0.6 is 11.6 Å². The minimum Gasteiger partial charge on any atom is -0.444 e. The van der Waals surface area contributed by atoms with Gasteiger partial charge in [0, 0.05) is 24.7 Å². The predicted molar refractivity (Wildman–Crippen MR) is 171 cm³/mol. The standard InChI is InChI=1S/C35H30ClF3N6O4/c1-34(25-7-5-20(17-40)15-26(25)36)47-29-4-2-3-24(31(29)48-34)21-9-12-44(13-10-21)19-30-41-27-16-22(32-42-33(49-43-32)35(37,38)39)6-8-28(27)45(30)18-23-11-14-46-23/h2-8,15-16,21,23H,9-14,18-19H2,1H3. The number of likely N-dealkylation sites (tertiary alicyclic amines) is 1. The van der Waals surface area contributed by atoms with Gasteiger partial charge in [0.15, 0.2) is 11.5 Å². The molecule has 49 heavy (non-hydrogen) atoms. The molecule has 10 nitrogen and oxygen atoms in total. The third-order valence-electron chi connectivity index (χ3n) is 9.52. The average molecular weight is 691 g/mol. The predicted octanol–water partition coefficient (Wildman–Crippen LogP) is 7.44. The number of nitrogens with zero attached hydrogens (tertiary/aromatic N) is 6. The normalized spacial score (nSPS) is 21.2. The minimum absolute atomic E-state index is 0.0837. The van der Waals surface area contributed by atoms with E-state index in [4.69, 9.17) is 30.8 Å². The Kier molecular flexibility index (Phi) is 7.77. The Morgan fingerprint density at radius 3 is 2.55 bits per heavy atom. The van der Waals surface area contributed by atoms with Crippen molar-refractivity contribution < 1.29 is 31.9 Å². The molecule has 0 bridgehead atoms. The maximum absolute atomic E-state index is 13.1. The third-order valence-corrected chi connectivity index (χ3v) is 9.84. The largest absolute Gasteiger partial charge is 0.471 e. The van der Waals surface area contributed by atoms with E-state index in [1.807, 2.05) is 25.1 Å². The molecule has 0 aliphatic carbocycles. The van der Waals surface area contributed by atoms with Crippen molar-refractivity contribution in [3.05, 3.63) is 88.0 Å². The van der Waals surface area contributed by atoms with E-state index in [0.29, 0.717) is 51.8 Å². The summed E-state index contributed by atoms with van der Waals surface area (Å²) in [5.74, 6) is -0.180. The van der Waals surface area contributed by atoms with Crippen molar-refractivity contribution in [1.82, 2.24) is 24.6 Å². The fourth-order valence-electron chi connectivity index (χ4n) is 6.87. The summed E-state index contributed by atoms with van der Waals surface area (Å²) in [7, 11) is 0. The SMILES string of the molecule is CC1(c2ccc(C#N)cc2Cl)Oc2cccc(C3CCN(Cc4nc5cc(-c6noc(C(F)(F)F)n6)ccc5n4CC4CCO4)CC3)c2O1. The maximum Gasteiger partial charge on any atom is 0.471 e. The van der Waals surface area contributed by atoms with Crippen LogP contribution < -0.4 is 9.47 Å². The lowest BCUT2D eigenvalue weighted by molar-refractivity contribution is -0.159. The highest BCUT2D eigenvalue weighted by Crippen LogP contribution is 2.50. The van der Waals surface area contributed by atoms with Crippen LogP contribution in [0.1, 0.15) is 60.5 Å². The van der Waals surface area contributed by atoms with E-state index < -0.39 is 17.9 Å². The number of benzene rings is 3. The van der Waals surface area contributed by atoms with Gasteiger partial charge < -0.3 is 23.3 Å². The molecule has 2 aromatic heterocycles. The van der Waals surface area contributed by atoms with Crippen LogP contribution in [0.2, 0.25) is 5.02 Å². The number of piperidine rings is 1. The monoisotopic (exact) mass is 690 g/mol. The molecule has 252 valence electrons. The van der Waals surface area contributed by atoms with Crippen LogP contribution in [0.15, 0.2) is 59.1 Å². The summed E-state index contributed by atoms with van der Waals surface area (Å²) in [6.07, 6.45) is -1.90. The topological polar surface area (TPSA) is 111 Å². The van der Waals surface area contributed by atoms with E-state index >= 15 is 0 Å². The van der Waals surface area contributed by atoms with Crippen LogP contribution in [0.3, 0.4) is 0 Å². The summed E-state index contributed by atoms with van der Waals surface area (Å²) in [4.78, 5) is 10.8. The summed E-state index contributed by atoms with van der Waals surface area (Å²) in [5, 5.41) is 13.2. The number of halogens is 4. The van der Waals surface area contributed by atoms with Gasteiger partial charge in [-0.3, -0.25) is 4.90 Å². The molecule has 2 saturated heterocycles. The summed E-state index contributed by atoms with van der Waals surface area (Å²) >= 11 is 6.54. The molecule has 14 heteroatoms. The van der Waals surface area contributed by atoms with E-state index in [2.05, 4.69) is 36.3 Å². The smallest absolute Gasteiger partial charge is 0.444 e. The number of aromatic nitrogens is 4. The highest BCUT2D eigenvalue weighted by molar-refractivity contribution is 6.31. The molecule has 8 rings (SSSR count). The number of hydrogen-bond acceptors (Lipinski definition) is 9. The molecule has 3 aliphatic heterocycles. The minimum atomic E-state index is -4.72. The Balaban J connectivity index is 0.996. The van der Waals surface area contributed by atoms with Crippen LogP contribution in [0, 0.1) is 11.3 Å². The van der Waals surface area contributed by atoms with Crippen LogP contribution in [0.4, 0.5) is 13.2 Å². The number of para-hydroxylation sites is 1. The van der Waals surface area contributed by atoms with Crippen molar-refractivity contribution in [2.45, 2.75) is 63.3 Å². The summed E-state index contributed by atoms with van der Waals surface area (Å²) in [5.41, 5.74) is 4.10. The Morgan fingerprint density at radius 2 is 1.86 bits per heavy atom. The molecule has 0 spiro atoms. The van der Waals surface area contributed by atoms with Crippen molar-refractivity contribution >= 4 is 22.6 Å². The molecule has 5 heterocycles. The van der Waals surface area contributed by atoms with E-state index in [1.54, 1.807) is 30.3 Å². The Hall–Kier alpha value is -4.64. The van der Waals surface area contributed by atoms with Gasteiger partial charge in [-0.05, 0) is 80.7 Å². The number of imidazole rings is 1. The van der Waals surface area contributed by atoms with Gasteiger partial charge >= 0.3 is 12.1 Å². The molecule has 2 fully saturated rings. The molecule has 0 saturated carbocycles. The van der Waals surface area contributed by atoms with Gasteiger partial charge in [-0.2, -0.15) is 23.4 Å². The average Bonchev–Trinajstić information content (AvgIpc) is 3.78. The van der Waals surface area contributed by atoms with Gasteiger partial charge in [0.1, 0.15) is 5.82 Å². The Labute approximate surface area is 283 Å². The highest BCUT2D eigenvalue weighted by atomic mass is 35.5. The highest BCUT2D eigenvalue weighted by Gasteiger charge is 2.43. The van der Waals surface area contributed by atoms with Gasteiger partial charge in [0.05, 0.1) is 52.4 Å². The molecule has 2 unspecified atom stereocenters. The lowest BCUT2D eigenvalue weighted by atomic mass is 9.88. The molecule has 0 amide bonds. The quantitative estimate of drug-likeness (QED) is 0.172. The Morgan fingerprint density at radius 1 is 1.04 bits per heavy atom. The second kappa shape index (κ2) is 12.0. The van der Waals surface area contributed by atoms with Gasteiger partial charge in [-0.1, -0.05) is 28.9 Å². The fraction of sp³-hybridized carbons (Fsp3) is 0.371. The van der Waals surface area contributed by atoms with E-state index in [0.717, 1.165) is 55.9 Å². The first-order valence-corrected chi connectivity index (χ1v) is 16.4. The second-order valence-corrected chi connectivity index (χ2v) is 13.1. The van der Waals surface area contributed by atoms with Gasteiger partial charge in [-0.25, -0.2) is 4.98 Å². The zero-order chi connectivity index (χ0) is 33.9. The number of nitriles is 1. The number of fused-ring (bicyclic) bond motifs is 2. The van der Waals surface area contributed by atoms with E-state index in [9.17, 15) is 18.4 Å². The zero-order valence-corrected chi connectivity index (χ0v) is 27.1. The molecular formula is C35H30ClF3N6O4. The van der Waals surface area contributed by atoms with Crippen molar-refractivity contribution in [2.75, 3.05) is 19.7 Å². The summed E-state index contributed by atoms with van der Waals surface area (Å²) in [6, 6.07) is 18.4. The van der Waals surface area contributed by atoms with Crippen molar-refractivity contribution in [3.8, 4) is 29.0 Å². The van der Waals surface area contributed by atoms with E-state index in [1.165, 1.54) is 0 Å². The zero-order valence-electron chi connectivity index (χ0n) is 26.3.